The van der Waals surface area contributed by atoms with Crippen molar-refractivity contribution in [2.75, 3.05) is 11.2 Å². The van der Waals surface area contributed by atoms with Crippen LogP contribution >= 0.6 is 27.5 Å². The molecular formula is C9H9BrClF3O. The predicted molar refractivity (Wildman–Crippen MR) is 55.9 cm³/mol. The molecule has 1 aliphatic carbocycles. The molecule has 86 valence electrons. The van der Waals surface area contributed by atoms with E-state index in [1.54, 1.807) is 6.08 Å². The number of hydrogen-bond donors (Lipinski definition) is 0. The Morgan fingerprint density at radius 3 is 2.53 bits per heavy atom. The maximum Gasteiger partial charge on any atom is 0.573 e. The molecular weight excluding hydrogens is 296 g/mol. The van der Waals surface area contributed by atoms with Crippen molar-refractivity contribution in [1.82, 2.24) is 0 Å². The maximum absolute atomic E-state index is 11.9. The van der Waals surface area contributed by atoms with Crippen LogP contribution in [-0.2, 0) is 4.74 Å². The van der Waals surface area contributed by atoms with Crippen molar-refractivity contribution in [3.05, 3.63) is 24.0 Å². The second kappa shape index (κ2) is 4.78. The molecule has 0 fully saturated rings. The molecule has 1 unspecified atom stereocenters. The Morgan fingerprint density at radius 2 is 2.20 bits per heavy atom. The minimum atomic E-state index is -4.63. The Bertz CT molecular complexity index is 282. The standard InChI is InChI=1S/C9H9BrClF3O/c10-5-8(6-11)3-1-7(2-4-8)15-9(12,13)14/h1-3H,4-6H2. The summed E-state index contributed by atoms with van der Waals surface area (Å²) in [6, 6.07) is 0. The molecule has 0 spiro atoms. The van der Waals surface area contributed by atoms with Crippen molar-refractivity contribution in [3.8, 4) is 0 Å². The lowest BCUT2D eigenvalue weighted by Crippen LogP contribution is -2.24. The summed E-state index contributed by atoms with van der Waals surface area (Å²) in [7, 11) is 0. The molecule has 1 rings (SSSR count). The van der Waals surface area contributed by atoms with Crippen LogP contribution in [0.2, 0.25) is 0 Å². The number of allylic oxidation sites excluding steroid dienone is 3. The number of ether oxygens (including phenoxy) is 1. The van der Waals surface area contributed by atoms with Crippen LogP contribution in [0.3, 0.4) is 0 Å². The molecule has 0 aliphatic heterocycles. The fraction of sp³-hybridized carbons (Fsp3) is 0.556. The van der Waals surface area contributed by atoms with Crippen LogP contribution in [0.15, 0.2) is 24.0 Å². The first kappa shape index (κ1) is 12.9. The molecule has 0 aromatic carbocycles. The molecule has 6 heteroatoms. The fourth-order valence-corrected chi connectivity index (χ4v) is 2.28. The molecule has 0 bridgehead atoms. The van der Waals surface area contributed by atoms with Crippen LogP contribution in [-0.4, -0.2) is 17.6 Å². The fourth-order valence-electron chi connectivity index (χ4n) is 1.14. The van der Waals surface area contributed by atoms with Gasteiger partial charge in [-0.1, -0.05) is 22.0 Å². The molecule has 0 saturated carbocycles. The zero-order valence-corrected chi connectivity index (χ0v) is 9.99. The van der Waals surface area contributed by atoms with E-state index in [9.17, 15) is 13.2 Å². The van der Waals surface area contributed by atoms with E-state index >= 15 is 0 Å². The van der Waals surface area contributed by atoms with Crippen molar-refractivity contribution in [3.63, 3.8) is 0 Å². The highest BCUT2D eigenvalue weighted by molar-refractivity contribution is 9.09. The normalized spacial score (nSPS) is 26.3. The Balaban J connectivity index is 2.64. The lowest BCUT2D eigenvalue weighted by Gasteiger charge is -2.27. The Labute approximate surface area is 99.1 Å². The van der Waals surface area contributed by atoms with E-state index in [0.29, 0.717) is 17.6 Å². The zero-order chi connectivity index (χ0) is 11.5. The van der Waals surface area contributed by atoms with E-state index in [1.807, 2.05) is 0 Å². The van der Waals surface area contributed by atoms with Gasteiger partial charge >= 0.3 is 6.36 Å². The van der Waals surface area contributed by atoms with E-state index in [-0.39, 0.29) is 11.2 Å². The van der Waals surface area contributed by atoms with Gasteiger partial charge in [-0.15, -0.1) is 24.8 Å². The highest BCUT2D eigenvalue weighted by Gasteiger charge is 2.33. The molecule has 0 amide bonds. The largest absolute Gasteiger partial charge is 0.573 e. The molecule has 15 heavy (non-hydrogen) atoms. The summed E-state index contributed by atoms with van der Waals surface area (Å²) in [5.41, 5.74) is -0.306. The quantitative estimate of drug-likeness (QED) is 0.717. The van der Waals surface area contributed by atoms with Crippen LogP contribution in [0.5, 0.6) is 0 Å². The number of alkyl halides is 5. The van der Waals surface area contributed by atoms with Crippen LogP contribution < -0.4 is 0 Å². The third-order valence-electron chi connectivity index (χ3n) is 2.08. The van der Waals surface area contributed by atoms with E-state index in [0.717, 1.165) is 0 Å². The first-order valence-electron chi connectivity index (χ1n) is 4.18. The first-order valence-corrected chi connectivity index (χ1v) is 5.83. The highest BCUT2D eigenvalue weighted by Crippen LogP contribution is 2.34. The van der Waals surface area contributed by atoms with Gasteiger partial charge in [-0.2, -0.15) is 0 Å². The second-order valence-corrected chi connectivity index (χ2v) is 4.15. The van der Waals surface area contributed by atoms with Gasteiger partial charge < -0.3 is 4.74 Å². The van der Waals surface area contributed by atoms with Gasteiger partial charge in [0.05, 0.1) is 0 Å². The predicted octanol–water partition coefficient (Wildman–Crippen LogP) is 3.99. The van der Waals surface area contributed by atoms with Crippen molar-refractivity contribution in [2.45, 2.75) is 12.8 Å². The minimum absolute atomic E-state index is 0.177. The second-order valence-electron chi connectivity index (χ2n) is 3.32. The van der Waals surface area contributed by atoms with Crippen molar-refractivity contribution in [2.24, 2.45) is 5.41 Å². The van der Waals surface area contributed by atoms with E-state index in [4.69, 9.17) is 11.6 Å². The summed E-state index contributed by atoms with van der Waals surface area (Å²) in [5.74, 6) is 0.175. The van der Waals surface area contributed by atoms with Crippen LogP contribution in [0.25, 0.3) is 0 Å². The molecule has 1 atom stereocenters. The third-order valence-corrected chi connectivity index (χ3v) is 3.73. The topological polar surface area (TPSA) is 9.23 Å². The monoisotopic (exact) mass is 304 g/mol. The van der Waals surface area contributed by atoms with Crippen molar-refractivity contribution in [1.29, 1.82) is 0 Å². The van der Waals surface area contributed by atoms with Gasteiger partial charge in [-0.05, 0) is 18.6 Å². The van der Waals surface area contributed by atoms with Gasteiger partial charge in [0.15, 0.2) is 0 Å². The van der Waals surface area contributed by atoms with Crippen LogP contribution in [0.1, 0.15) is 6.42 Å². The van der Waals surface area contributed by atoms with Crippen molar-refractivity contribution < 1.29 is 17.9 Å². The maximum atomic E-state index is 11.9. The van der Waals surface area contributed by atoms with Crippen LogP contribution in [0, 0.1) is 5.41 Å². The Hall–Kier alpha value is -0.160. The van der Waals surface area contributed by atoms with Gasteiger partial charge in [0.2, 0.25) is 0 Å². The molecule has 0 N–H and O–H groups in total. The molecule has 1 nitrogen and oxygen atoms in total. The zero-order valence-electron chi connectivity index (χ0n) is 7.65. The van der Waals surface area contributed by atoms with Crippen LogP contribution in [0.4, 0.5) is 13.2 Å². The number of halogens is 5. The summed E-state index contributed by atoms with van der Waals surface area (Å²) in [4.78, 5) is 0. The van der Waals surface area contributed by atoms with Gasteiger partial charge in [0.25, 0.3) is 0 Å². The molecule has 0 radical (unpaired) electrons. The smallest absolute Gasteiger partial charge is 0.406 e. The third kappa shape index (κ3) is 3.72. The van der Waals surface area contributed by atoms with E-state index in [2.05, 4.69) is 20.7 Å². The number of rotatable bonds is 3. The highest BCUT2D eigenvalue weighted by atomic mass is 79.9. The lowest BCUT2D eigenvalue weighted by atomic mass is 9.85. The summed E-state index contributed by atoms with van der Waals surface area (Å²) < 4.78 is 39.4. The van der Waals surface area contributed by atoms with Gasteiger partial charge in [0.1, 0.15) is 5.76 Å². The summed E-state index contributed by atoms with van der Waals surface area (Å²) in [5, 5.41) is 0.607. The summed E-state index contributed by atoms with van der Waals surface area (Å²) in [6.07, 6.45) is 0.156. The number of hydrogen-bond acceptors (Lipinski definition) is 1. The molecule has 0 aromatic rings. The average molecular weight is 306 g/mol. The molecule has 0 heterocycles. The minimum Gasteiger partial charge on any atom is -0.406 e. The Kier molecular flexibility index (Phi) is 4.12. The van der Waals surface area contributed by atoms with E-state index in [1.165, 1.54) is 12.2 Å². The van der Waals surface area contributed by atoms with Gasteiger partial charge in [-0.3, -0.25) is 0 Å². The Morgan fingerprint density at radius 1 is 1.53 bits per heavy atom. The first-order chi connectivity index (χ1) is 6.91. The van der Waals surface area contributed by atoms with Crippen molar-refractivity contribution >= 4 is 27.5 Å². The van der Waals surface area contributed by atoms with Gasteiger partial charge in [-0.25, -0.2) is 0 Å². The SMILES string of the molecule is FC(F)(F)OC1=CCC(CCl)(CBr)C=C1. The average Bonchev–Trinajstić information content (AvgIpc) is 2.17. The summed E-state index contributed by atoms with van der Waals surface area (Å²) >= 11 is 9.03. The van der Waals surface area contributed by atoms with Gasteiger partial charge in [0, 0.05) is 16.6 Å². The molecule has 0 saturated heterocycles. The van der Waals surface area contributed by atoms with E-state index < -0.39 is 6.36 Å². The molecule has 1 aliphatic rings. The molecule has 0 aromatic heterocycles. The summed E-state index contributed by atoms with van der Waals surface area (Å²) in [6.45, 7) is 0. The lowest BCUT2D eigenvalue weighted by molar-refractivity contribution is -0.303.